The van der Waals surface area contributed by atoms with Crippen LogP contribution in [0.15, 0.2) is 157 Å². The number of para-hydroxylation sites is 1. The Hall–Kier alpha value is -4.53. The third-order valence-corrected chi connectivity index (χ3v) is 9.82. The maximum atomic E-state index is 3.85. The summed E-state index contributed by atoms with van der Waals surface area (Å²) in [5.74, 6) is 0. The fraction of sp³-hybridized carbons (Fsp3) is 0.0278. The molecule has 1 heterocycles. The Morgan fingerprint density at radius 2 is 1.05 bits per heavy atom. The molecular formula is C36H27NSi. The van der Waals surface area contributed by atoms with Crippen LogP contribution in [0.5, 0.6) is 0 Å². The molecule has 0 atom stereocenters. The van der Waals surface area contributed by atoms with Crippen LogP contribution in [-0.2, 0) is 5.41 Å². The van der Waals surface area contributed by atoms with Gasteiger partial charge < -0.3 is 5.32 Å². The summed E-state index contributed by atoms with van der Waals surface area (Å²) in [7, 11) is -0.830. The largest absolute Gasteiger partial charge is 0.355 e. The molecule has 1 N–H and O–H groups in total. The third-order valence-electron chi connectivity index (χ3n) is 7.74. The van der Waals surface area contributed by atoms with E-state index in [4.69, 9.17) is 0 Å². The van der Waals surface area contributed by atoms with E-state index in [-0.39, 0.29) is 0 Å². The third kappa shape index (κ3) is 3.57. The van der Waals surface area contributed by atoms with E-state index in [1.54, 1.807) is 0 Å². The maximum Gasteiger partial charge on any atom is 0.0733 e. The van der Waals surface area contributed by atoms with Gasteiger partial charge in [-0.15, -0.1) is 0 Å². The summed E-state index contributed by atoms with van der Waals surface area (Å²) in [5.41, 5.74) is 14.3. The van der Waals surface area contributed by atoms with Crippen molar-refractivity contribution in [3.05, 3.63) is 179 Å². The Morgan fingerprint density at radius 1 is 0.474 bits per heavy atom. The molecule has 0 aliphatic heterocycles. The second-order valence-corrected chi connectivity index (χ2v) is 12.0. The lowest BCUT2D eigenvalue weighted by atomic mass is 9.67. The van der Waals surface area contributed by atoms with Crippen LogP contribution in [0.1, 0.15) is 22.3 Å². The second-order valence-electron chi connectivity index (χ2n) is 9.82. The SMILES string of the molecule is c1ccc(C2(c3ccccc3Nc3cccc(-[si]4ccccc4)c3)c3ccccc3-c3ccccc32)cc1. The summed E-state index contributed by atoms with van der Waals surface area (Å²) in [4.78, 5) is 0. The van der Waals surface area contributed by atoms with E-state index >= 15 is 0 Å². The van der Waals surface area contributed by atoms with E-state index in [0.29, 0.717) is 0 Å². The molecule has 2 heteroatoms. The topological polar surface area (TPSA) is 12.0 Å². The number of rotatable bonds is 5. The van der Waals surface area contributed by atoms with Crippen molar-refractivity contribution in [3.63, 3.8) is 0 Å². The van der Waals surface area contributed by atoms with Crippen LogP contribution in [0.2, 0.25) is 0 Å². The molecule has 180 valence electrons. The number of hydrogen-bond acceptors (Lipinski definition) is 1. The standard InChI is InChI=1S/C36H27NSi/c1-3-14-27(15-4-1)36(32-20-7-5-18-30(32)31-19-6-8-21-33(31)36)34-22-9-10-23-35(34)37-28-16-13-17-29(26-28)38-24-11-2-12-25-38/h1-26,37H. The fourth-order valence-electron chi connectivity index (χ4n) is 6.16. The lowest BCUT2D eigenvalue weighted by molar-refractivity contribution is 0.771. The van der Waals surface area contributed by atoms with Gasteiger partial charge >= 0.3 is 0 Å². The van der Waals surface area contributed by atoms with E-state index in [0.717, 1.165) is 11.4 Å². The van der Waals surface area contributed by atoms with Crippen LogP contribution < -0.4 is 5.32 Å². The highest BCUT2D eigenvalue weighted by molar-refractivity contribution is 6.63. The molecule has 1 nitrogen and oxygen atoms in total. The molecule has 0 radical (unpaired) electrons. The predicted molar refractivity (Wildman–Crippen MR) is 161 cm³/mol. The van der Waals surface area contributed by atoms with E-state index in [1.807, 2.05) is 0 Å². The fourth-order valence-corrected chi connectivity index (χ4v) is 7.91. The second kappa shape index (κ2) is 9.40. The number of benzene rings is 5. The first-order valence-corrected chi connectivity index (χ1v) is 14.8. The van der Waals surface area contributed by atoms with Gasteiger partial charge in [0.1, 0.15) is 0 Å². The normalized spacial score (nSPS) is 12.9. The van der Waals surface area contributed by atoms with E-state index < -0.39 is 13.8 Å². The molecule has 0 bridgehead atoms. The molecule has 0 saturated carbocycles. The quantitative estimate of drug-likeness (QED) is 0.232. The van der Waals surface area contributed by atoms with Crippen LogP contribution in [0, 0.1) is 0 Å². The number of hydrogen-bond donors (Lipinski definition) is 1. The Balaban J connectivity index is 1.45. The van der Waals surface area contributed by atoms with Crippen LogP contribution in [0.25, 0.3) is 16.3 Å². The van der Waals surface area contributed by atoms with Gasteiger partial charge in [0.15, 0.2) is 0 Å². The highest BCUT2D eigenvalue weighted by Gasteiger charge is 2.46. The molecule has 38 heavy (non-hydrogen) atoms. The molecule has 0 fully saturated rings. The van der Waals surface area contributed by atoms with Gasteiger partial charge in [-0.1, -0.05) is 139 Å². The van der Waals surface area contributed by atoms with Crippen LogP contribution in [0.4, 0.5) is 11.4 Å². The average Bonchev–Trinajstić information content (AvgIpc) is 3.30. The summed E-state index contributed by atoms with van der Waals surface area (Å²) in [6.45, 7) is 0. The van der Waals surface area contributed by atoms with Crippen molar-refractivity contribution in [2.45, 2.75) is 5.41 Å². The van der Waals surface area contributed by atoms with E-state index in [2.05, 4.69) is 162 Å². The van der Waals surface area contributed by atoms with Crippen molar-refractivity contribution in [1.82, 2.24) is 0 Å². The smallest absolute Gasteiger partial charge is 0.0733 e. The van der Waals surface area contributed by atoms with Gasteiger partial charge in [-0.2, -0.15) is 0 Å². The minimum Gasteiger partial charge on any atom is -0.355 e. The molecule has 5 aromatic carbocycles. The molecule has 0 amide bonds. The number of fused-ring (bicyclic) bond motifs is 3. The van der Waals surface area contributed by atoms with Crippen LogP contribution in [-0.4, -0.2) is 8.40 Å². The van der Waals surface area contributed by atoms with Gasteiger partial charge in [-0.3, -0.25) is 0 Å². The minimum absolute atomic E-state index is 0.424. The maximum absolute atomic E-state index is 3.85. The zero-order chi connectivity index (χ0) is 25.4. The molecule has 7 rings (SSSR count). The summed E-state index contributed by atoms with van der Waals surface area (Å²) in [6, 6.07) is 53.0. The van der Waals surface area contributed by atoms with Crippen molar-refractivity contribution in [2.24, 2.45) is 0 Å². The monoisotopic (exact) mass is 501 g/mol. The Labute approximate surface area is 225 Å². The minimum atomic E-state index is -0.830. The van der Waals surface area contributed by atoms with Gasteiger partial charge in [0, 0.05) is 11.4 Å². The van der Waals surface area contributed by atoms with Gasteiger partial charge in [0.25, 0.3) is 0 Å². The summed E-state index contributed by atoms with van der Waals surface area (Å²) < 4.78 is 0. The number of nitrogens with one attached hydrogen (secondary N) is 1. The van der Waals surface area contributed by atoms with Crippen molar-refractivity contribution < 1.29 is 0 Å². The first kappa shape index (κ1) is 22.6. The molecule has 1 aliphatic rings. The van der Waals surface area contributed by atoms with Crippen LogP contribution in [0.3, 0.4) is 0 Å². The lowest BCUT2D eigenvalue weighted by Crippen LogP contribution is -2.29. The Kier molecular flexibility index (Phi) is 5.60. The highest BCUT2D eigenvalue weighted by Crippen LogP contribution is 2.57. The zero-order valence-corrected chi connectivity index (χ0v) is 22.0. The Morgan fingerprint density at radius 3 is 1.76 bits per heavy atom. The molecule has 0 unspecified atom stereocenters. The lowest BCUT2D eigenvalue weighted by Gasteiger charge is -2.35. The van der Waals surface area contributed by atoms with Gasteiger partial charge in [-0.25, -0.2) is 0 Å². The number of anilines is 2. The average molecular weight is 502 g/mol. The first-order valence-electron chi connectivity index (χ1n) is 13.1. The van der Waals surface area contributed by atoms with Crippen LogP contribution >= 0.6 is 0 Å². The van der Waals surface area contributed by atoms with E-state index in [9.17, 15) is 0 Å². The van der Waals surface area contributed by atoms with Gasteiger partial charge in [0.2, 0.25) is 0 Å². The van der Waals surface area contributed by atoms with Crippen molar-refractivity contribution in [1.29, 1.82) is 0 Å². The van der Waals surface area contributed by atoms with Gasteiger partial charge in [0.05, 0.1) is 13.8 Å². The highest BCUT2D eigenvalue weighted by atomic mass is 28.2. The molecule has 1 aliphatic carbocycles. The van der Waals surface area contributed by atoms with Crippen molar-refractivity contribution in [3.8, 4) is 16.3 Å². The van der Waals surface area contributed by atoms with Gasteiger partial charge in [-0.05, 0) is 56.8 Å². The molecule has 0 spiro atoms. The Bertz CT molecular complexity index is 1700. The first-order chi connectivity index (χ1) is 18.9. The summed E-state index contributed by atoms with van der Waals surface area (Å²) in [6.07, 6.45) is 0. The van der Waals surface area contributed by atoms with E-state index in [1.165, 1.54) is 38.6 Å². The van der Waals surface area contributed by atoms with Crippen molar-refractivity contribution >= 4 is 19.8 Å². The summed E-state index contributed by atoms with van der Waals surface area (Å²) >= 11 is 0. The van der Waals surface area contributed by atoms with Crippen molar-refractivity contribution in [2.75, 3.05) is 5.32 Å². The molecule has 1 aromatic heterocycles. The molecule has 6 aromatic rings. The summed E-state index contributed by atoms with van der Waals surface area (Å²) in [5, 5.41) is 5.23. The predicted octanol–water partition coefficient (Wildman–Crippen LogP) is 8.81. The molecular weight excluding hydrogens is 474 g/mol. The zero-order valence-electron chi connectivity index (χ0n) is 21.0. The molecule has 0 saturated heterocycles.